The highest BCUT2D eigenvalue weighted by Crippen LogP contribution is 2.30. The zero-order valence-electron chi connectivity index (χ0n) is 14.0. The lowest BCUT2D eigenvalue weighted by atomic mass is 10.1. The number of nitrogens with one attached hydrogen (secondary N) is 2. The Bertz CT molecular complexity index is 515. The fourth-order valence-corrected chi connectivity index (χ4v) is 2.08. The minimum absolute atomic E-state index is 0.370. The topological polar surface area (TPSA) is 54.9 Å². The van der Waals surface area contributed by atoms with Gasteiger partial charge in [-0.25, -0.2) is 0 Å². The summed E-state index contributed by atoms with van der Waals surface area (Å²) in [4.78, 5) is 4.27. The third-order valence-corrected chi connectivity index (χ3v) is 3.86. The monoisotopic (exact) mass is 305 g/mol. The van der Waals surface area contributed by atoms with Crippen LogP contribution < -0.4 is 20.1 Å². The van der Waals surface area contributed by atoms with E-state index in [1.54, 1.807) is 7.05 Å². The van der Waals surface area contributed by atoms with Crippen LogP contribution in [0.15, 0.2) is 23.2 Å². The number of ether oxygens (including phenoxy) is 2. The number of rotatable bonds is 4. The van der Waals surface area contributed by atoms with Gasteiger partial charge in [0.05, 0.1) is 13.2 Å². The third-order valence-electron chi connectivity index (χ3n) is 3.86. The predicted octanol–water partition coefficient (Wildman–Crippen LogP) is 2.56. The molecule has 0 radical (unpaired) electrons. The Kier molecular flexibility index (Phi) is 5.92. The molecule has 122 valence electrons. The minimum atomic E-state index is 0.370. The minimum Gasteiger partial charge on any atom is -0.490 e. The molecule has 1 aliphatic rings. The molecule has 1 unspecified atom stereocenters. The van der Waals surface area contributed by atoms with E-state index in [0.717, 1.165) is 29.4 Å². The highest BCUT2D eigenvalue weighted by molar-refractivity contribution is 5.79. The molecule has 0 fully saturated rings. The van der Waals surface area contributed by atoms with E-state index in [-0.39, 0.29) is 0 Å². The normalized spacial score (nSPS) is 16.1. The third kappa shape index (κ3) is 4.55. The molecule has 0 bridgehead atoms. The molecule has 0 amide bonds. The molecule has 1 heterocycles. The molecular weight excluding hydrogens is 278 g/mol. The van der Waals surface area contributed by atoms with Gasteiger partial charge in [-0.2, -0.15) is 0 Å². The van der Waals surface area contributed by atoms with Crippen LogP contribution in [0.5, 0.6) is 11.5 Å². The van der Waals surface area contributed by atoms with Gasteiger partial charge in [-0.1, -0.05) is 19.9 Å². The molecular formula is C17H27N3O2. The van der Waals surface area contributed by atoms with Crippen molar-refractivity contribution in [2.75, 3.05) is 20.3 Å². The van der Waals surface area contributed by atoms with Crippen molar-refractivity contribution in [3.63, 3.8) is 0 Å². The van der Waals surface area contributed by atoms with Crippen molar-refractivity contribution in [1.29, 1.82) is 0 Å². The molecule has 0 aliphatic carbocycles. The molecule has 5 heteroatoms. The van der Waals surface area contributed by atoms with E-state index in [1.165, 1.54) is 0 Å². The van der Waals surface area contributed by atoms with Crippen molar-refractivity contribution >= 4 is 5.96 Å². The highest BCUT2D eigenvalue weighted by atomic mass is 16.5. The van der Waals surface area contributed by atoms with Crippen LogP contribution in [0.25, 0.3) is 0 Å². The highest BCUT2D eigenvalue weighted by Gasteiger charge is 2.12. The summed E-state index contributed by atoms with van der Waals surface area (Å²) in [6.07, 6.45) is 0.923. The van der Waals surface area contributed by atoms with E-state index >= 15 is 0 Å². The van der Waals surface area contributed by atoms with E-state index < -0.39 is 0 Å². The van der Waals surface area contributed by atoms with E-state index in [9.17, 15) is 0 Å². The van der Waals surface area contributed by atoms with Gasteiger partial charge in [0, 0.05) is 26.1 Å². The summed E-state index contributed by atoms with van der Waals surface area (Å²) in [5, 5.41) is 6.73. The molecule has 2 N–H and O–H groups in total. The summed E-state index contributed by atoms with van der Waals surface area (Å²) < 4.78 is 11.4. The van der Waals surface area contributed by atoms with E-state index in [4.69, 9.17) is 9.47 Å². The average molecular weight is 305 g/mol. The average Bonchev–Trinajstić information content (AvgIpc) is 2.75. The zero-order valence-corrected chi connectivity index (χ0v) is 14.0. The van der Waals surface area contributed by atoms with Crippen molar-refractivity contribution in [3.8, 4) is 11.5 Å². The molecule has 0 saturated heterocycles. The Balaban J connectivity index is 1.94. The van der Waals surface area contributed by atoms with Crippen LogP contribution in [0.3, 0.4) is 0 Å². The molecule has 5 nitrogen and oxygen atoms in total. The maximum absolute atomic E-state index is 5.72. The van der Waals surface area contributed by atoms with Gasteiger partial charge in [-0.3, -0.25) is 4.99 Å². The Morgan fingerprint density at radius 1 is 1.18 bits per heavy atom. The van der Waals surface area contributed by atoms with Crippen molar-refractivity contribution in [1.82, 2.24) is 10.6 Å². The predicted molar refractivity (Wildman–Crippen MR) is 89.7 cm³/mol. The first-order valence-corrected chi connectivity index (χ1v) is 7.96. The van der Waals surface area contributed by atoms with Crippen molar-refractivity contribution in [2.45, 2.75) is 39.8 Å². The summed E-state index contributed by atoms with van der Waals surface area (Å²) in [6.45, 7) is 8.66. The maximum Gasteiger partial charge on any atom is 0.191 e. The summed E-state index contributed by atoms with van der Waals surface area (Å²) >= 11 is 0. The van der Waals surface area contributed by atoms with Gasteiger partial charge < -0.3 is 20.1 Å². The number of hydrogen-bond donors (Lipinski definition) is 2. The van der Waals surface area contributed by atoms with Gasteiger partial charge in [0.1, 0.15) is 0 Å². The summed E-state index contributed by atoms with van der Waals surface area (Å²) in [5.74, 6) is 3.03. The largest absolute Gasteiger partial charge is 0.490 e. The molecule has 0 spiro atoms. The van der Waals surface area contributed by atoms with Gasteiger partial charge in [-0.05, 0) is 30.5 Å². The molecule has 22 heavy (non-hydrogen) atoms. The number of nitrogens with zero attached hydrogens (tertiary/aromatic N) is 1. The van der Waals surface area contributed by atoms with Crippen LogP contribution in [0, 0.1) is 5.92 Å². The number of guanidine groups is 1. The second-order valence-corrected chi connectivity index (χ2v) is 5.93. The molecule has 1 atom stereocenters. The van der Waals surface area contributed by atoms with Crippen LogP contribution in [0.4, 0.5) is 0 Å². The second-order valence-electron chi connectivity index (χ2n) is 5.93. The van der Waals surface area contributed by atoms with Crippen LogP contribution >= 0.6 is 0 Å². The first-order valence-electron chi connectivity index (χ1n) is 7.96. The van der Waals surface area contributed by atoms with Gasteiger partial charge in [0.25, 0.3) is 0 Å². The van der Waals surface area contributed by atoms with E-state index in [1.807, 2.05) is 12.1 Å². The van der Waals surface area contributed by atoms with Crippen molar-refractivity contribution < 1.29 is 9.47 Å². The molecule has 1 aromatic carbocycles. The van der Waals surface area contributed by atoms with Gasteiger partial charge in [0.15, 0.2) is 17.5 Å². The summed E-state index contributed by atoms with van der Waals surface area (Å²) in [7, 11) is 1.79. The van der Waals surface area contributed by atoms with E-state index in [2.05, 4.69) is 42.5 Å². The first kappa shape index (κ1) is 16.5. The Hall–Kier alpha value is -1.91. The van der Waals surface area contributed by atoms with Gasteiger partial charge >= 0.3 is 0 Å². The van der Waals surface area contributed by atoms with Crippen molar-refractivity contribution in [3.05, 3.63) is 23.8 Å². The zero-order chi connectivity index (χ0) is 15.9. The van der Waals surface area contributed by atoms with Crippen LogP contribution in [-0.2, 0) is 6.54 Å². The lowest BCUT2D eigenvalue weighted by Gasteiger charge is -2.21. The molecule has 1 aliphatic heterocycles. The van der Waals surface area contributed by atoms with Crippen LogP contribution in [-0.4, -0.2) is 32.3 Å². The number of fused-ring (bicyclic) bond motifs is 1. The number of hydrogen-bond acceptors (Lipinski definition) is 3. The quantitative estimate of drug-likeness (QED) is 0.663. The number of benzene rings is 1. The standard InChI is InChI=1S/C17H27N3O2/c1-12(2)13(3)20-17(18-4)19-11-14-6-7-15-16(10-14)22-9-5-8-21-15/h6-7,10,12-13H,5,8-9,11H2,1-4H3,(H2,18,19,20). The fraction of sp³-hybridized carbons (Fsp3) is 0.588. The van der Waals surface area contributed by atoms with Gasteiger partial charge in [0.2, 0.25) is 0 Å². The SMILES string of the molecule is CN=C(NCc1ccc2c(c1)OCCCO2)NC(C)C(C)C. The Morgan fingerprint density at radius 3 is 2.59 bits per heavy atom. The van der Waals surface area contributed by atoms with Crippen LogP contribution in [0.1, 0.15) is 32.8 Å². The molecule has 2 rings (SSSR count). The van der Waals surface area contributed by atoms with Crippen LogP contribution in [0.2, 0.25) is 0 Å². The summed E-state index contributed by atoms with van der Waals surface area (Å²) in [5.41, 5.74) is 1.14. The fourth-order valence-electron chi connectivity index (χ4n) is 2.08. The molecule has 0 saturated carbocycles. The summed E-state index contributed by atoms with van der Waals surface area (Å²) in [6, 6.07) is 6.44. The molecule has 1 aromatic rings. The van der Waals surface area contributed by atoms with Crippen molar-refractivity contribution in [2.24, 2.45) is 10.9 Å². The number of aliphatic imine (C=N–C) groups is 1. The smallest absolute Gasteiger partial charge is 0.191 e. The van der Waals surface area contributed by atoms with Gasteiger partial charge in [-0.15, -0.1) is 0 Å². The first-order chi connectivity index (χ1) is 10.6. The lowest BCUT2D eigenvalue weighted by molar-refractivity contribution is 0.297. The second kappa shape index (κ2) is 7.92. The van der Waals surface area contributed by atoms with E-state index in [0.29, 0.717) is 31.7 Å². The lowest BCUT2D eigenvalue weighted by Crippen LogP contribution is -2.43. The Morgan fingerprint density at radius 2 is 1.91 bits per heavy atom. The maximum atomic E-state index is 5.72. The Labute approximate surface area is 133 Å². The molecule has 0 aromatic heterocycles.